The summed E-state index contributed by atoms with van der Waals surface area (Å²) in [4.78, 5) is 8.81. The van der Waals surface area contributed by atoms with Crippen molar-refractivity contribution in [3.05, 3.63) is 59.4 Å². The lowest BCUT2D eigenvalue weighted by molar-refractivity contribution is -0.274. The molecule has 0 radical (unpaired) electrons. The van der Waals surface area contributed by atoms with Crippen molar-refractivity contribution in [3.63, 3.8) is 0 Å². The van der Waals surface area contributed by atoms with Crippen LogP contribution in [0, 0.1) is 5.82 Å². The quantitative estimate of drug-likeness (QED) is 0.385. The first kappa shape index (κ1) is 22.6. The Morgan fingerprint density at radius 1 is 1.10 bits per heavy atom. The lowest BCUT2D eigenvalue weighted by Gasteiger charge is -2.15. The molecular formula is C21H19ClF4N4O. The van der Waals surface area contributed by atoms with E-state index in [1.54, 1.807) is 12.1 Å². The molecule has 0 fully saturated rings. The molecule has 0 aliphatic rings. The van der Waals surface area contributed by atoms with Gasteiger partial charge in [0.2, 0.25) is 5.95 Å². The molecule has 1 atom stereocenters. The first-order chi connectivity index (χ1) is 14.6. The second-order valence-corrected chi connectivity index (χ2v) is 7.15. The number of nitrogens with zero attached hydrogens (tertiary/aromatic N) is 2. The average Bonchev–Trinajstić information content (AvgIpc) is 2.69. The lowest BCUT2D eigenvalue weighted by atomic mass is 10.1. The molecule has 0 saturated carbocycles. The van der Waals surface area contributed by atoms with Gasteiger partial charge >= 0.3 is 6.36 Å². The zero-order chi connectivity index (χ0) is 22.6. The molecule has 0 saturated heterocycles. The maximum atomic E-state index is 13.3. The van der Waals surface area contributed by atoms with Crippen LogP contribution >= 0.6 is 11.6 Å². The highest BCUT2D eigenvalue weighted by Gasteiger charge is 2.31. The van der Waals surface area contributed by atoms with Crippen LogP contribution in [0.2, 0.25) is 5.02 Å². The Balaban J connectivity index is 2.00. The number of alkyl halides is 3. The van der Waals surface area contributed by atoms with E-state index in [9.17, 15) is 17.6 Å². The van der Waals surface area contributed by atoms with Gasteiger partial charge in [0.1, 0.15) is 17.4 Å². The summed E-state index contributed by atoms with van der Waals surface area (Å²) in [6.07, 6.45) is -4.01. The summed E-state index contributed by atoms with van der Waals surface area (Å²) >= 11 is 6.08. The second kappa shape index (κ2) is 9.38. The zero-order valence-electron chi connectivity index (χ0n) is 16.6. The van der Waals surface area contributed by atoms with Gasteiger partial charge in [-0.2, -0.15) is 4.98 Å². The molecule has 1 aromatic heterocycles. The first-order valence-electron chi connectivity index (χ1n) is 9.37. The van der Waals surface area contributed by atoms with Crippen LogP contribution in [-0.2, 0) is 0 Å². The van der Waals surface area contributed by atoms with Crippen molar-refractivity contribution in [1.29, 1.82) is 0 Å². The Labute approximate surface area is 181 Å². The summed E-state index contributed by atoms with van der Waals surface area (Å²) in [5.41, 5.74) is 1.16. The van der Waals surface area contributed by atoms with Crippen molar-refractivity contribution in [2.45, 2.75) is 32.7 Å². The highest BCUT2D eigenvalue weighted by atomic mass is 35.5. The summed E-state index contributed by atoms with van der Waals surface area (Å²) < 4.78 is 55.1. The molecule has 2 aromatic carbocycles. The molecular weight excluding hydrogens is 436 g/mol. The number of anilines is 3. The monoisotopic (exact) mass is 454 g/mol. The largest absolute Gasteiger partial charge is 0.573 e. The molecule has 0 spiro atoms. The van der Waals surface area contributed by atoms with E-state index in [-0.39, 0.29) is 22.8 Å². The third-order valence-corrected chi connectivity index (χ3v) is 4.58. The fourth-order valence-electron chi connectivity index (χ4n) is 2.63. The predicted octanol–water partition coefficient (Wildman–Crippen LogP) is 6.79. The molecule has 31 heavy (non-hydrogen) atoms. The van der Waals surface area contributed by atoms with Crippen molar-refractivity contribution in [1.82, 2.24) is 9.97 Å². The van der Waals surface area contributed by atoms with Gasteiger partial charge in [0.15, 0.2) is 0 Å². The van der Waals surface area contributed by atoms with E-state index in [0.717, 1.165) is 12.5 Å². The fourth-order valence-corrected chi connectivity index (χ4v) is 2.84. The predicted molar refractivity (Wildman–Crippen MR) is 112 cm³/mol. The van der Waals surface area contributed by atoms with Crippen molar-refractivity contribution in [2.75, 3.05) is 10.6 Å². The van der Waals surface area contributed by atoms with Crippen LogP contribution in [0.3, 0.4) is 0 Å². The summed E-state index contributed by atoms with van der Waals surface area (Å²) in [5.74, 6) is -0.253. The summed E-state index contributed by atoms with van der Waals surface area (Å²) in [6, 6.07) is 10.9. The van der Waals surface area contributed by atoms with Crippen LogP contribution in [0.1, 0.15) is 20.3 Å². The molecule has 2 N–H and O–H groups in total. The zero-order valence-corrected chi connectivity index (χ0v) is 17.4. The Morgan fingerprint density at radius 3 is 2.55 bits per heavy atom. The number of rotatable bonds is 7. The Bertz CT molecular complexity index is 1060. The minimum Gasteiger partial charge on any atom is -0.406 e. The third kappa shape index (κ3) is 6.45. The molecule has 164 valence electrons. The van der Waals surface area contributed by atoms with E-state index in [4.69, 9.17) is 11.6 Å². The van der Waals surface area contributed by atoms with Crippen molar-refractivity contribution in [3.8, 4) is 17.0 Å². The Kier molecular flexibility index (Phi) is 6.84. The maximum Gasteiger partial charge on any atom is 0.573 e. The normalized spacial score (nSPS) is 12.4. The minimum atomic E-state index is -4.81. The van der Waals surface area contributed by atoms with Gasteiger partial charge in [-0.25, -0.2) is 9.37 Å². The molecule has 0 aliphatic heterocycles. The molecule has 0 amide bonds. The van der Waals surface area contributed by atoms with Gasteiger partial charge in [-0.3, -0.25) is 0 Å². The molecule has 5 nitrogen and oxygen atoms in total. The number of hydrogen-bond acceptors (Lipinski definition) is 5. The van der Waals surface area contributed by atoms with Crippen LogP contribution in [0.15, 0.2) is 48.5 Å². The maximum absolute atomic E-state index is 13.3. The number of benzene rings is 2. The van der Waals surface area contributed by atoms with Crippen LogP contribution in [0.5, 0.6) is 5.75 Å². The van der Waals surface area contributed by atoms with E-state index in [2.05, 4.69) is 25.3 Å². The first-order valence-corrected chi connectivity index (χ1v) is 9.74. The molecule has 1 heterocycles. The fraction of sp³-hybridized carbons (Fsp3) is 0.238. The highest BCUT2D eigenvalue weighted by molar-refractivity contribution is 6.33. The average molecular weight is 455 g/mol. The van der Waals surface area contributed by atoms with E-state index in [0.29, 0.717) is 22.8 Å². The van der Waals surface area contributed by atoms with E-state index in [1.165, 1.54) is 30.3 Å². The van der Waals surface area contributed by atoms with E-state index < -0.39 is 12.2 Å². The van der Waals surface area contributed by atoms with Gasteiger partial charge in [-0.15, -0.1) is 13.2 Å². The van der Waals surface area contributed by atoms with E-state index in [1.807, 2.05) is 13.8 Å². The summed E-state index contributed by atoms with van der Waals surface area (Å²) in [7, 11) is 0. The summed E-state index contributed by atoms with van der Waals surface area (Å²) in [6.45, 7) is 3.93. The second-order valence-electron chi connectivity index (χ2n) is 6.74. The molecule has 0 unspecified atom stereocenters. The standard InChI is InChI=1S/C21H19ClF4N4O/c1-3-12(2)27-20-29-18(13-5-4-6-15(9-13)31-21(24,25)26)11-19(30-20)28-17-8-7-14(23)10-16(17)22/h4-12H,3H2,1-2H3,(H2,27,28,29,30)/t12-/m0/s1. The number of nitrogens with one attached hydrogen (secondary N) is 2. The number of aromatic nitrogens is 2. The van der Waals surface area contributed by atoms with Crippen molar-refractivity contribution in [2.24, 2.45) is 0 Å². The van der Waals surface area contributed by atoms with Gasteiger partial charge in [0, 0.05) is 17.7 Å². The number of hydrogen-bond donors (Lipinski definition) is 2. The SMILES string of the molecule is CC[C@H](C)Nc1nc(Nc2ccc(F)cc2Cl)cc(-c2cccc(OC(F)(F)F)c2)n1. The highest BCUT2D eigenvalue weighted by Crippen LogP contribution is 2.31. The molecule has 0 bridgehead atoms. The summed E-state index contributed by atoms with van der Waals surface area (Å²) in [5, 5.41) is 6.28. The lowest BCUT2D eigenvalue weighted by Crippen LogP contribution is -2.17. The van der Waals surface area contributed by atoms with Crippen LogP contribution < -0.4 is 15.4 Å². The Hall–Kier alpha value is -3.07. The van der Waals surface area contributed by atoms with Crippen molar-refractivity contribution >= 4 is 29.1 Å². The Morgan fingerprint density at radius 2 is 1.87 bits per heavy atom. The molecule has 3 rings (SSSR count). The van der Waals surface area contributed by atoms with Gasteiger partial charge < -0.3 is 15.4 Å². The topological polar surface area (TPSA) is 59.1 Å². The van der Waals surface area contributed by atoms with Crippen LogP contribution in [-0.4, -0.2) is 22.4 Å². The molecule has 3 aromatic rings. The van der Waals surface area contributed by atoms with Gasteiger partial charge in [0.25, 0.3) is 0 Å². The smallest absolute Gasteiger partial charge is 0.406 e. The molecule has 10 heteroatoms. The van der Waals surface area contributed by atoms with Gasteiger partial charge in [0.05, 0.1) is 16.4 Å². The van der Waals surface area contributed by atoms with Crippen molar-refractivity contribution < 1.29 is 22.3 Å². The molecule has 0 aliphatic carbocycles. The number of halogens is 5. The van der Waals surface area contributed by atoms with Crippen LogP contribution in [0.25, 0.3) is 11.3 Å². The van der Waals surface area contributed by atoms with Crippen LogP contribution in [0.4, 0.5) is 35.0 Å². The van der Waals surface area contributed by atoms with Gasteiger partial charge in [-0.05, 0) is 43.7 Å². The minimum absolute atomic E-state index is 0.0532. The number of ether oxygens (including phenoxy) is 1. The van der Waals surface area contributed by atoms with Gasteiger partial charge in [-0.1, -0.05) is 30.7 Å². The third-order valence-electron chi connectivity index (χ3n) is 4.27. The van der Waals surface area contributed by atoms with E-state index >= 15 is 0 Å².